The maximum atomic E-state index is 12.6. The molecule has 1 fully saturated rings. The van der Waals surface area contributed by atoms with Crippen LogP contribution in [0.25, 0.3) is 11.4 Å². The molecule has 0 bridgehead atoms. The van der Waals surface area contributed by atoms with Crippen molar-refractivity contribution in [3.63, 3.8) is 0 Å². The Labute approximate surface area is 132 Å². The predicted octanol–water partition coefficient (Wildman–Crippen LogP) is 3.41. The maximum Gasteiger partial charge on any atom is 0.408 e. The summed E-state index contributed by atoms with van der Waals surface area (Å²) in [4.78, 5) is 6.52. The van der Waals surface area contributed by atoms with Gasteiger partial charge in [0.1, 0.15) is 12.4 Å². The van der Waals surface area contributed by atoms with Gasteiger partial charge in [0.05, 0.1) is 0 Å². The summed E-state index contributed by atoms with van der Waals surface area (Å²) in [7, 11) is 0. The van der Waals surface area contributed by atoms with Crippen LogP contribution in [0.1, 0.15) is 24.2 Å². The minimum Gasteiger partial charge on any atom is -0.299 e. The molecule has 0 N–H and O–H groups in total. The van der Waals surface area contributed by atoms with Crippen molar-refractivity contribution in [3.8, 4) is 11.4 Å². The molecule has 1 aliphatic rings. The first-order chi connectivity index (χ1) is 10.9. The Kier molecular flexibility index (Phi) is 4.39. The van der Waals surface area contributed by atoms with Crippen molar-refractivity contribution >= 4 is 0 Å². The number of benzene rings is 1. The monoisotopic (exact) mass is 324 g/mol. The van der Waals surface area contributed by atoms with Crippen molar-refractivity contribution in [1.29, 1.82) is 0 Å². The Morgan fingerprint density at radius 2 is 1.74 bits per heavy atom. The van der Waals surface area contributed by atoms with E-state index in [2.05, 4.69) is 15.0 Å². The highest BCUT2D eigenvalue weighted by Crippen LogP contribution is 2.24. The van der Waals surface area contributed by atoms with Crippen LogP contribution in [0.3, 0.4) is 0 Å². The van der Waals surface area contributed by atoms with Gasteiger partial charge in [-0.2, -0.15) is 18.3 Å². The lowest BCUT2D eigenvalue weighted by Gasteiger charge is -2.14. The molecule has 2 heterocycles. The van der Waals surface area contributed by atoms with Crippen LogP contribution >= 0.6 is 0 Å². The van der Waals surface area contributed by atoms with Gasteiger partial charge >= 0.3 is 6.18 Å². The van der Waals surface area contributed by atoms with Crippen molar-refractivity contribution in [1.82, 2.24) is 19.7 Å². The molecule has 0 atom stereocenters. The first-order valence-corrected chi connectivity index (χ1v) is 7.70. The smallest absolute Gasteiger partial charge is 0.299 e. The van der Waals surface area contributed by atoms with Gasteiger partial charge in [0, 0.05) is 12.1 Å². The fourth-order valence-corrected chi connectivity index (χ4v) is 2.91. The highest BCUT2D eigenvalue weighted by Gasteiger charge is 2.30. The Hall–Kier alpha value is -1.89. The summed E-state index contributed by atoms with van der Waals surface area (Å²) >= 11 is 0. The van der Waals surface area contributed by atoms with Gasteiger partial charge in [0.2, 0.25) is 0 Å². The van der Waals surface area contributed by atoms with Crippen LogP contribution in [-0.4, -0.2) is 38.9 Å². The van der Waals surface area contributed by atoms with Gasteiger partial charge in [-0.25, -0.2) is 9.67 Å². The van der Waals surface area contributed by atoms with Crippen molar-refractivity contribution in [2.24, 2.45) is 0 Å². The molecule has 0 spiro atoms. The number of hydrogen-bond donors (Lipinski definition) is 0. The van der Waals surface area contributed by atoms with E-state index in [1.165, 1.54) is 12.8 Å². The molecule has 1 aromatic heterocycles. The molecule has 0 radical (unpaired) electrons. The van der Waals surface area contributed by atoms with E-state index < -0.39 is 12.7 Å². The van der Waals surface area contributed by atoms with Gasteiger partial charge < -0.3 is 0 Å². The Morgan fingerprint density at radius 3 is 2.35 bits per heavy atom. The minimum absolute atomic E-state index is 0.257. The normalized spacial score (nSPS) is 16.2. The fourth-order valence-electron chi connectivity index (χ4n) is 2.91. The number of nitrogens with zero attached hydrogens (tertiary/aromatic N) is 4. The van der Waals surface area contributed by atoms with Crippen molar-refractivity contribution in [2.75, 3.05) is 13.1 Å². The first-order valence-electron chi connectivity index (χ1n) is 7.70. The number of halogens is 3. The van der Waals surface area contributed by atoms with Crippen LogP contribution in [0.4, 0.5) is 13.2 Å². The molecule has 1 aliphatic heterocycles. The van der Waals surface area contributed by atoms with Crippen LogP contribution in [0, 0.1) is 6.92 Å². The summed E-state index contributed by atoms with van der Waals surface area (Å²) in [5, 5.41) is 3.86. The summed E-state index contributed by atoms with van der Waals surface area (Å²) < 4.78 is 38.9. The van der Waals surface area contributed by atoms with Gasteiger partial charge in [-0.05, 0) is 38.4 Å². The van der Waals surface area contributed by atoms with E-state index in [0.717, 1.165) is 29.9 Å². The highest BCUT2D eigenvalue weighted by molar-refractivity contribution is 5.55. The Balaban J connectivity index is 1.79. The second-order valence-corrected chi connectivity index (χ2v) is 5.94. The summed E-state index contributed by atoms with van der Waals surface area (Å²) in [5.41, 5.74) is 1.81. The second kappa shape index (κ2) is 6.31. The molecule has 0 saturated carbocycles. The average molecular weight is 324 g/mol. The summed E-state index contributed by atoms with van der Waals surface area (Å²) in [6.07, 6.45) is -1.85. The van der Waals surface area contributed by atoms with Gasteiger partial charge in [0.25, 0.3) is 0 Å². The lowest BCUT2D eigenvalue weighted by Crippen LogP contribution is -2.19. The van der Waals surface area contributed by atoms with Crippen molar-refractivity contribution in [3.05, 3.63) is 35.7 Å². The fraction of sp³-hybridized carbons (Fsp3) is 0.500. The van der Waals surface area contributed by atoms with E-state index in [4.69, 9.17) is 0 Å². The molecule has 0 aliphatic carbocycles. The molecule has 0 amide bonds. The third-order valence-corrected chi connectivity index (χ3v) is 3.92. The van der Waals surface area contributed by atoms with Gasteiger partial charge in [-0.1, -0.05) is 24.3 Å². The molecular weight excluding hydrogens is 305 g/mol. The van der Waals surface area contributed by atoms with Crippen LogP contribution < -0.4 is 0 Å². The molecule has 1 saturated heterocycles. The number of alkyl halides is 3. The molecule has 124 valence electrons. The van der Waals surface area contributed by atoms with Crippen molar-refractivity contribution < 1.29 is 13.2 Å². The van der Waals surface area contributed by atoms with E-state index in [-0.39, 0.29) is 5.82 Å². The van der Waals surface area contributed by atoms with E-state index >= 15 is 0 Å². The first kappa shape index (κ1) is 16.0. The topological polar surface area (TPSA) is 34.0 Å². The second-order valence-electron chi connectivity index (χ2n) is 5.94. The summed E-state index contributed by atoms with van der Waals surface area (Å²) in [5.74, 6) is 0.595. The van der Waals surface area contributed by atoms with Crippen LogP contribution in [0.5, 0.6) is 0 Å². The lowest BCUT2D eigenvalue weighted by atomic mass is 10.1. The molecule has 2 aromatic rings. The zero-order chi connectivity index (χ0) is 16.4. The van der Waals surface area contributed by atoms with E-state index in [9.17, 15) is 13.2 Å². The van der Waals surface area contributed by atoms with Gasteiger partial charge in [0.15, 0.2) is 5.82 Å². The molecule has 3 rings (SSSR count). The molecule has 0 unspecified atom stereocenters. The van der Waals surface area contributed by atoms with E-state index in [1.54, 1.807) is 6.92 Å². The summed E-state index contributed by atoms with van der Waals surface area (Å²) in [6, 6.07) is 7.55. The van der Waals surface area contributed by atoms with Gasteiger partial charge in [-0.3, -0.25) is 4.90 Å². The molecule has 4 nitrogen and oxygen atoms in total. The largest absolute Gasteiger partial charge is 0.408 e. The highest BCUT2D eigenvalue weighted by atomic mass is 19.4. The predicted molar refractivity (Wildman–Crippen MR) is 80.8 cm³/mol. The SMILES string of the molecule is Cc1nc(-c2ccc(CN3CCCC3)cc2)n(CC(F)(F)F)n1. The zero-order valence-corrected chi connectivity index (χ0v) is 13.0. The van der Waals surface area contributed by atoms with Crippen LogP contribution in [0.2, 0.25) is 0 Å². The number of rotatable bonds is 4. The Bertz CT molecular complexity index is 655. The quantitative estimate of drug-likeness (QED) is 0.864. The zero-order valence-electron chi connectivity index (χ0n) is 13.0. The third kappa shape index (κ3) is 4.10. The van der Waals surface area contributed by atoms with Crippen LogP contribution in [-0.2, 0) is 13.1 Å². The average Bonchev–Trinajstić information content (AvgIpc) is 3.08. The number of hydrogen-bond acceptors (Lipinski definition) is 3. The molecule has 1 aromatic carbocycles. The van der Waals surface area contributed by atoms with E-state index in [1.807, 2.05) is 24.3 Å². The van der Waals surface area contributed by atoms with Gasteiger partial charge in [-0.15, -0.1) is 0 Å². The lowest BCUT2D eigenvalue weighted by molar-refractivity contribution is -0.142. The molecular formula is C16H19F3N4. The summed E-state index contributed by atoms with van der Waals surface area (Å²) in [6.45, 7) is 3.58. The standard InChI is InChI=1S/C16H19F3N4/c1-12-20-15(23(21-12)11-16(17,18)19)14-6-4-13(5-7-14)10-22-8-2-3-9-22/h4-7H,2-3,8-11H2,1H3. The van der Waals surface area contributed by atoms with E-state index in [0.29, 0.717) is 11.4 Å². The number of aromatic nitrogens is 3. The molecule has 23 heavy (non-hydrogen) atoms. The number of likely N-dealkylation sites (tertiary alicyclic amines) is 1. The third-order valence-electron chi connectivity index (χ3n) is 3.92. The van der Waals surface area contributed by atoms with Crippen molar-refractivity contribution in [2.45, 2.75) is 39.0 Å². The Morgan fingerprint density at radius 1 is 1.09 bits per heavy atom. The minimum atomic E-state index is -4.31. The molecule has 7 heteroatoms. The van der Waals surface area contributed by atoms with Crippen LogP contribution in [0.15, 0.2) is 24.3 Å². The maximum absolute atomic E-state index is 12.6. The number of aryl methyl sites for hydroxylation is 1.